The normalized spacial score (nSPS) is 16.7. The van der Waals surface area contributed by atoms with Gasteiger partial charge in [0.25, 0.3) is 0 Å². The predicted octanol–water partition coefficient (Wildman–Crippen LogP) is 4.11. The number of allylic oxidation sites excluding steroid dienone is 2. The number of hydrogen-bond acceptors (Lipinski definition) is 2. The van der Waals surface area contributed by atoms with Gasteiger partial charge < -0.3 is 9.47 Å². The number of para-hydroxylation sites is 2. The second-order valence-electron chi connectivity index (χ2n) is 5.66. The van der Waals surface area contributed by atoms with Crippen LogP contribution in [0.25, 0.3) is 0 Å². The molecule has 0 aromatic heterocycles. The third-order valence-electron chi connectivity index (χ3n) is 4.26. The zero-order valence-electron chi connectivity index (χ0n) is 12.4. The van der Waals surface area contributed by atoms with Crippen LogP contribution >= 0.6 is 0 Å². The highest BCUT2D eigenvalue weighted by atomic mass is 16.5. The van der Waals surface area contributed by atoms with Gasteiger partial charge in [0, 0.05) is 0 Å². The van der Waals surface area contributed by atoms with Crippen LogP contribution in [-0.2, 0) is 12.8 Å². The van der Waals surface area contributed by atoms with Crippen LogP contribution in [0.1, 0.15) is 11.1 Å². The maximum Gasteiger partial charge on any atom is 0.123 e. The van der Waals surface area contributed by atoms with Crippen molar-refractivity contribution < 1.29 is 9.47 Å². The molecule has 0 bridgehead atoms. The first kappa shape index (κ1) is 13.2. The summed E-state index contributed by atoms with van der Waals surface area (Å²) in [6, 6.07) is 16.5. The van der Waals surface area contributed by atoms with E-state index in [1.165, 1.54) is 22.3 Å². The summed E-state index contributed by atoms with van der Waals surface area (Å²) in [7, 11) is 0. The quantitative estimate of drug-likeness (QED) is 0.787. The molecule has 2 heteroatoms. The summed E-state index contributed by atoms with van der Waals surface area (Å²) in [5.74, 6) is 1.99. The minimum atomic E-state index is 0.614. The molecule has 2 aromatic rings. The highest BCUT2D eigenvalue weighted by Crippen LogP contribution is 2.28. The van der Waals surface area contributed by atoms with Crippen molar-refractivity contribution in [1.82, 2.24) is 0 Å². The number of hydrogen-bond donors (Lipinski definition) is 0. The fourth-order valence-electron chi connectivity index (χ4n) is 2.97. The van der Waals surface area contributed by atoms with Gasteiger partial charge in [-0.2, -0.15) is 0 Å². The molecule has 0 saturated carbocycles. The monoisotopic (exact) mass is 290 g/mol. The van der Waals surface area contributed by atoms with Gasteiger partial charge in [0.05, 0.1) is 0 Å². The lowest BCUT2D eigenvalue weighted by Crippen LogP contribution is -2.08. The summed E-state index contributed by atoms with van der Waals surface area (Å²) >= 11 is 0. The Balaban J connectivity index is 1.57. The number of benzene rings is 2. The van der Waals surface area contributed by atoms with Crippen molar-refractivity contribution in [1.29, 1.82) is 0 Å². The van der Waals surface area contributed by atoms with E-state index in [4.69, 9.17) is 9.47 Å². The molecular formula is C20H18O2. The topological polar surface area (TPSA) is 18.5 Å². The van der Waals surface area contributed by atoms with Crippen LogP contribution in [0, 0.1) is 0 Å². The molecule has 2 nitrogen and oxygen atoms in total. The van der Waals surface area contributed by atoms with Gasteiger partial charge in [-0.25, -0.2) is 0 Å². The highest BCUT2D eigenvalue weighted by Gasteiger charge is 2.16. The molecule has 0 fully saturated rings. The second kappa shape index (κ2) is 5.72. The average molecular weight is 290 g/mol. The van der Waals surface area contributed by atoms with E-state index in [2.05, 4.69) is 36.4 Å². The lowest BCUT2D eigenvalue weighted by Gasteiger charge is -2.12. The summed E-state index contributed by atoms with van der Waals surface area (Å²) in [4.78, 5) is 0. The Kier molecular flexibility index (Phi) is 3.43. The molecule has 0 saturated heterocycles. The van der Waals surface area contributed by atoms with Crippen molar-refractivity contribution in [2.45, 2.75) is 12.8 Å². The van der Waals surface area contributed by atoms with E-state index < -0.39 is 0 Å². The minimum absolute atomic E-state index is 0.614. The van der Waals surface area contributed by atoms with Gasteiger partial charge in [0.1, 0.15) is 24.7 Å². The Morgan fingerprint density at radius 3 is 1.55 bits per heavy atom. The lowest BCUT2D eigenvalue weighted by atomic mass is 10.0. The molecule has 2 heterocycles. The fraction of sp³-hybridized carbons (Fsp3) is 0.200. The smallest absolute Gasteiger partial charge is 0.123 e. The molecule has 0 atom stereocenters. The molecule has 0 unspecified atom stereocenters. The van der Waals surface area contributed by atoms with E-state index >= 15 is 0 Å². The van der Waals surface area contributed by atoms with E-state index in [0.717, 1.165) is 24.3 Å². The van der Waals surface area contributed by atoms with Gasteiger partial charge in [0.2, 0.25) is 0 Å². The van der Waals surface area contributed by atoms with Crippen molar-refractivity contribution >= 4 is 0 Å². The molecule has 0 aliphatic carbocycles. The standard InChI is InChI=1S/C20H18O2/c1-3-7-19-15(5-1)9-11-17(13-21-19)18-12-10-16-6-2-4-8-20(16)22-14-18/h1-8,11-12H,9-10,13-14H2. The summed E-state index contributed by atoms with van der Waals surface area (Å²) in [6.07, 6.45) is 6.37. The molecule has 0 radical (unpaired) electrons. The first-order valence-electron chi connectivity index (χ1n) is 7.70. The van der Waals surface area contributed by atoms with Crippen LogP contribution in [0.3, 0.4) is 0 Å². The SMILES string of the molecule is C1=C(C2=CCc3ccccc3OC2)COc2ccccc2C1. The van der Waals surface area contributed by atoms with Crippen molar-refractivity contribution in [3.05, 3.63) is 83.0 Å². The van der Waals surface area contributed by atoms with E-state index in [1.807, 2.05) is 24.3 Å². The minimum Gasteiger partial charge on any atom is -0.489 e. The van der Waals surface area contributed by atoms with Crippen LogP contribution in [0.5, 0.6) is 11.5 Å². The summed E-state index contributed by atoms with van der Waals surface area (Å²) in [5, 5.41) is 0. The molecule has 22 heavy (non-hydrogen) atoms. The Bertz CT molecular complexity index is 690. The molecule has 2 aliphatic heterocycles. The summed E-state index contributed by atoms with van der Waals surface area (Å²) in [6.45, 7) is 1.23. The van der Waals surface area contributed by atoms with Crippen LogP contribution < -0.4 is 9.47 Å². The summed E-state index contributed by atoms with van der Waals surface area (Å²) in [5.41, 5.74) is 4.97. The lowest BCUT2D eigenvalue weighted by molar-refractivity contribution is 0.334. The van der Waals surface area contributed by atoms with Gasteiger partial charge >= 0.3 is 0 Å². The third kappa shape index (κ3) is 2.52. The zero-order chi connectivity index (χ0) is 14.8. The highest BCUT2D eigenvalue weighted by molar-refractivity contribution is 5.44. The van der Waals surface area contributed by atoms with Crippen molar-refractivity contribution in [2.24, 2.45) is 0 Å². The molecule has 0 spiro atoms. The Labute approximate surface area is 130 Å². The van der Waals surface area contributed by atoms with Crippen LogP contribution in [0.15, 0.2) is 71.8 Å². The van der Waals surface area contributed by atoms with Gasteiger partial charge in [-0.15, -0.1) is 0 Å². The Hall–Kier alpha value is -2.48. The first-order chi connectivity index (χ1) is 10.9. The molecule has 2 aromatic carbocycles. The van der Waals surface area contributed by atoms with Crippen molar-refractivity contribution in [3.63, 3.8) is 0 Å². The molecule has 0 amide bonds. The van der Waals surface area contributed by atoms with Gasteiger partial charge in [-0.3, -0.25) is 0 Å². The molecular weight excluding hydrogens is 272 g/mol. The molecule has 0 N–H and O–H groups in total. The van der Waals surface area contributed by atoms with Crippen molar-refractivity contribution in [3.8, 4) is 11.5 Å². The van der Waals surface area contributed by atoms with Gasteiger partial charge in [-0.1, -0.05) is 48.6 Å². The third-order valence-corrected chi connectivity index (χ3v) is 4.26. The average Bonchev–Trinajstić information content (AvgIpc) is 2.91. The maximum atomic E-state index is 5.97. The zero-order valence-corrected chi connectivity index (χ0v) is 12.4. The fourth-order valence-corrected chi connectivity index (χ4v) is 2.97. The maximum absolute atomic E-state index is 5.97. The van der Waals surface area contributed by atoms with Crippen LogP contribution in [0.2, 0.25) is 0 Å². The number of rotatable bonds is 1. The molecule has 2 aliphatic rings. The predicted molar refractivity (Wildman–Crippen MR) is 87.4 cm³/mol. The number of fused-ring (bicyclic) bond motifs is 2. The second-order valence-corrected chi connectivity index (χ2v) is 5.66. The number of ether oxygens (including phenoxy) is 2. The van der Waals surface area contributed by atoms with Crippen LogP contribution in [0.4, 0.5) is 0 Å². The Morgan fingerprint density at radius 1 is 0.591 bits per heavy atom. The largest absolute Gasteiger partial charge is 0.489 e. The van der Waals surface area contributed by atoms with Gasteiger partial charge in [0.15, 0.2) is 0 Å². The summed E-state index contributed by atoms with van der Waals surface area (Å²) < 4.78 is 11.9. The van der Waals surface area contributed by atoms with E-state index in [0.29, 0.717) is 13.2 Å². The van der Waals surface area contributed by atoms with E-state index in [-0.39, 0.29) is 0 Å². The molecule has 4 rings (SSSR count). The first-order valence-corrected chi connectivity index (χ1v) is 7.70. The Morgan fingerprint density at radius 2 is 1.05 bits per heavy atom. The van der Waals surface area contributed by atoms with E-state index in [9.17, 15) is 0 Å². The van der Waals surface area contributed by atoms with E-state index in [1.54, 1.807) is 0 Å². The van der Waals surface area contributed by atoms with Gasteiger partial charge in [-0.05, 0) is 47.2 Å². The van der Waals surface area contributed by atoms with Crippen LogP contribution in [-0.4, -0.2) is 13.2 Å². The van der Waals surface area contributed by atoms with Crippen molar-refractivity contribution in [2.75, 3.05) is 13.2 Å². The molecule has 110 valence electrons.